The molecule has 0 saturated heterocycles. The van der Waals surface area contributed by atoms with Crippen LogP contribution in [0.25, 0.3) is 22.4 Å². The predicted octanol–water partition coefficient (Wildman–Crippen LogP) is 4.69. The molecule has 2 heterocycles. The molecule has 0 amide bonds. The SMILES string of the molecule is Cc1cc2nc(C(C)C)cc(-c3n[nH]c(=S)o3)c2cc1C. The third kappa shape index (κ3) is 2.49. The van der Waals surface area contributed by atoms with Crippen LogP contribution in [0.15, 0.2) is 22.6 Å². The predicted molar refractivity (Wildman–Crippen MR) is 86.0 cm³/mol. The molecule has 0 aliphatic rings. The minimum absolute atomic E-state index is 0.282. The van der Waals surface area contributed by atoms with Crippen LogP contribution < -0.4 is 0 Å². The van der Waals surface area contributed by atoms with Crippen LogP contribution in [0.5, 0.6) is 0 Å². The van der Waals surface area contributed by atoms with E-state index in [1.54, 1.807) is 0 Å². The number of benzene rings is 1. The summed E-state index contributed by atoms with van der Waals surface area (Å²) in [5.41, 5.74) is 5.36. The van der Waals surface area contributed by atoms with Gasteiger partial charge in [-0.15, -0.1) is 5.10 Å². The zero-order chi connectivity index (χ0) is 15.1. The zero-order valence-corrected chi connectivity index (χ0v) is 13.3. The second kappa shape index (κ2) is 5.07. The fourth-order valence-corrected chi connectivity index (χ4v) is 2.45. The van der Waals surface area contributed by atoms with E-state index in [0.717, 1.165) is 22.2 Å². The fourth-order valence-electron chi connectivity index (χ4n) is 2.32. The number of aryl methyl sites for hydroxylation is 2. The van der Waals surface area contributed by atoms with Crippen LogP contribution in [-0.4, -0.2) is 15.2 Å². The number of aromatic amines is 1. The highest BCUT2D eigenvalue weighted by Crippen LogP contribution is 2.31. The van der Waals surface area contributed by atoms with Gasteiger partial charge in [0.1, 0.15) is 0 Å². The van der Waals surface area contributed by atoms with Gasteiger partial charge in [-0.1, -0.05) is 13.8 Å². The van der Waals surface area contributed by atoms with Gasteiger partial charge in [0.2, 0.25) is 5.89 Å². The lowest BCUT2D eigenvalue weighted by Gasteiger charge is -2.11. The second-order valence-electron chi connectivity index (χ2n) is 5.62. The van der Waals surface area contributed by atoms with Crippen molar-refractivity contribution in [3.05, 3.63) is 39.9 Å². The van der Waals surface area contributed by atoms with Crippen LogP contribution in [0.1, 0.15) is 36.6 Å². The smallest absolute Gasteiger partial charge is 0.284 e. The van der Waals surface area contributed by atoms with Crippen molar-refractivity contribution in [2.75, 3.05) is 0 Å². The van der Waals surface area contributed by atoms with E-state index >= 15 is 0 Å². The number of hydrogen-bond acceptors (Lipinski definition) is 4. The van der Waals surface area contributed by atoms with Crippen molar-refractivity contribution >= 4 is 23.1 Å². The van der Waals surface area contributed by atoms with E-state index in [9.17, 15) is 0 Å². The summed E-state index contributed by atoms with van der Waals surface area (Å²) in [6.07, 6.45) is 0. The molecule has 108 valence electrons. The van der Waals surface area contributed by atoms with Crippen molar-refractivity contribution in [2.45, 2.75) is 33.6 Å². The molecule has 0 aliphatic heterocycles. The molecule has 4 nitrogen and oxygen atoms in total. The average molecular weight is 299 g/mol. The van der Waals surface area contributed by atoms with Gasteiger partial charge < -0.3 is 4.42 Å². The molecule has 0 fully saturated rings. The van der Waals surface area contributed by atoms with Crippen molar-refractivity contribution in [3.8, 4) is 11.5 Å². The number of nitrogens with zero attached hydrogens (tertiary/aromatic N) is 2. The Kier molecular flexibility index (Phi) is 3.37. The molecule has 2 aromatic heterocycles. The quantitative estimate of drug-likeness (QED) is 0.698. The minimum Gasteiger partial charge on any atom is -0.409 e. The Balaban J connectivity index is 2.39. The Hall–Kier alpha value is -2.01. The van der Waals surface area contributed by atoms with Gasteiger partial charge in [-0.3, -0.25) is 4.98 Å². The fraction of sp³-hybridized carbons (Fsp3) is 0.312. The monoisotopic (exact) mass is 299 g/mol. The maximum absolute atomic E-state index is 5.50. The molecule has 3 rings (SSSR count). The largest absolute Gasteiger partial charge is 0.409 e. The van der Waals surface area contributed by atoms with Crippen molar-refractivity contribution in [2.24, 2.45) is 0 Å². The third-order valence-electron chi connectivity index (χ3n) is 3.70. The molecule has 21 heavy (non-hydrogen) atoms. The minimum atomic E-state index is 0.282. The van der Waals surface area contributed by atoms with Crippen molar-refractivity contribution < 1.29 is 4.42 Å². The number of H-pyrrole nitrogens is 1. The summed E-state index contributed by atoms with van der Waals surface area (Å²) < 4.78 is 5.50. The molecule has 3 aromatic rings. The summed E-state index contributed by atoms with van der Waals surface area (Å²) >= 11 is 4.99. The summed E-state index contributed by atoms with van der Waals surface area (Å²) in [7, 11) is 0. The highest BCUT2D eigenvalue weighted by Gasteiger charge is 2.14. The van der Waals surface area contributed by atoms with Gasteiger partial charge in [0.15, 0.2) is 0 Å². The standard InChI is InChI=1S/C16H17N3OS/c1-8(2)13-7-12(15-18-19-16(21)20-15)11-5-9(3)10(4)6-14(11)17-13/h5-8H,1-4H3,(H,19,21). The topological polar surface area (TPSA) is 54.7 Å². The Labute approximate surface area is 128 Å². The van der Waals surface area contributed by atoms with Crippen molar-refractivity contribution in [1.29, 1.82) is 0 Å². The lowest BCUT2D eigenvalue weighted by Crippen LogP contribution is -1.97. The highest BCUT2D eigenvalue weighted by atomic mass is 32.1. The van der Waals surface area contributed by atoms with E-state index in [1.165, 1.54) is 11.1 Å². The Bertz CT molecular complexity index is 877. The molecule has 0 unspecified atom stereocenters. The summed E-state index contributed by atoms with van der Waals surface area (Å²) in [5, 5.41) is 7.88. The first-order valence-electron chi connectivity index (χ1n) is 6.93. The summed E-state index contributed by atoms with van der Waals surface area (Å²) in [4.78, 5) is 5.05. The molecule has 0 bridgehead atoms. The van der Waals surface area contributed by atoms with E-state index in [0.29, 0.717) is 11.8 Å². The van der Waals surface area contributed by atoms with Gasteiger partial charge in [0.25, 0.3) is 4.84 Å². The summed E-state index contributed by atoms with van der Waals surface area (Å²) in [6, 6.07) is 6.28. The van der Waals surface area contributed by atoms with Gasteiger partial charge in [-0.2, -0.15) is 0 Å². The molecule has 0 spiro atoms. The molecule has 0 radical (unpaired) electrons. The molecule has 1 aromatic carbocycles. The van der Waals surface area contributed by atoms with Crippen LogP contribution in [0.2, 0.25) is 0 Å². The van der Waals surface area contributed by atoms with E-state index < -0.39 is 0 Å². The zero-order valence-electron chi connectivity index (χ0n) is 12.5. The van der Waals surface area contributed by atoms with Crippen LogP contribution >= 0.6 is 12.2 Å². The number of hydrogen-bond donors (Lipinski definition) is 1. The normalized spacial score (nSPS) is 11.5. The van der Waals surface area contributed by atoms with Gasteiger partial charge in [-0.05, 0) is 61.3 Å². The van der Waals surface area contributed by atoms with Crippen LogP contribution in [0.4, 0.5) is 0 Å². The van der Waals surface area contributed by atoms with Crippen LogP contribution in [-0.2, 0) is 0 Å². The van der Waals surface area contributed by atoms with Gasteiger partial charge >= 0.3 is 0 Å². The Morgan fingerprint density at radius 3 is 2.48 bits per heavy atom. The van der Waals surface area contributed by atoms with Gasteiger partial charge in [0, 0.05) is 16.6 Å². The van der Waals surface area contributed by atoms with Crippen molar-refractivity contribution in [3.63, 3.8) is 0 Å². The first kappa shape index (κ1) is 13.9. The van der Waals surface area contributed by atoms with E-state index in [2.05, 4.69) is 50.0 Å². The van der Waals surface area contributed by atoms with Crippen LogP contribution in [0.3, 0.4) is 0 Å². The second-order valence-corrected chi connectivity index (χ2v) is 5.99. The number of rotatable bonds is 2. The first-order valence-corrected chi connectivity index (χ1v) is 7.34. The molecular weight excluding hydrogens is 282 g/mol. The molecule has 1 N–H and O–H groups in total. The number of pyridine rings is 1. The van der Waals surface area contributed by atoms with Crippen molar-refractivity contribution in [1.82, 2.24) is 15.2 Å². The Morgan fingerprint density at radius 1 is 1.14 bits per heavy atom. The van der Waals surface area contributed by atoms with Crippen LogP contribution in [0, 0.1) is 18.7 Å². The summed E-state index contributed by atoms with van der Waals surface area (Å²) in [5.74, 6) is 0.842. The highest BCUT2D eigenvalue weighted by molar-refractivity contribution is 7.71. The maximum atomic E-state index is 5.50. The lowest BCUT2D eigenvalue weighted by molar-refractivity contribution is 0.552. The maximum Gasteiger partial charge on any atom is 0.284 e. The van der Waals surface area contributed by atoms with E-state index in [4.69, 9.17) is 21.6 Å². The molecule has 0 atom stereocenters. The third-order valence-corrected chi connectivity index (χ3v) is 3.88. The molecular formula is C16H17N3OS. The van der Waals surface area contributed by atoms with E-state index in [1.807, 2.05) is 6.07 Å². The van der Waals surface area contributed by atoms with Gasteiger partial charge in [-0.25, -0.2) is 5.10 Å². The molecule has 5 heteroatoms. The first-order chi connectivity index (χ1) is 9.95. The Morgan fingerprint density at radius 2 is 1.86 bits per heavy atom. The molecule has 0 saturated carbocycles. The number of nitrogens with one attached hydrogen (secondary N) is 1. The number of aromatic nitrogens is 3. The van der Waals surface area contributed by atoms with E-state index in [-0.39, 0.29) is 4.84 Å². The summed E-state index contributed by atoms with van der Waals surface area (Å²) in [6.45, 7) is 8.44. The average Bonchev–Trinajstić information content (AvgIpc) is 2.85. The molecule has 0 aliphatic carbocycles. The van der Waals surface area contributed by atoms with Gasteiger partial charge in [0.05, 0.1) is 5.52 Å². The number of fused-ring (bicyclic) bond motifs is 1. The lowest BCUT2D eigenvalue weighted by atomic mass is 9.99.